The molecule has 1 aliphatic heterocycles. The van der Waals surface area contributed by atoms with E-state index in [1.54, 1.807) is 6.07 Å². The van der Waals surface area contributed by atoms with Crippen LogP contribution in [0.4, 0.5) is 13.2 Å². The number of hydrogen-bond donors (Lipinski definition) is 2. The lowest BCUT2D eigenvalue weighted by molar-refractivity contribution is -0.137. The number of nitrogens with one attached hydrogen (secondary N) is 1. The van der Waals surface area contributed by atoms with E-state index in [1.807, 2.05) is 0 Å². The van der Waals surface area contributed by atoms with Gasteiger partial charge in [-0.1, -0.05) is 30.2 Å². The summed E-state index contributed by atoms with van der Waals surface area (Å²) in [5.74, 6) is -1.02. The fourth-order valence-corrected chi connectivity index (χ4v) is 4.75. The van der Waals surface area contributed by atoms with Crippen LogP contribution < -0.4 is 11.1 Å². The van der Waals surface area contributed by atoms with E-state index in [2.05, 4.69) is 15.2 Å². The molecule has 1 saturated heterocycles. The SMILES string of the molecule is NC(=O)Cn1cc(C(=O)NCC(c2ccc(C(F)(F)F)cc2)N2CCCCC2)c2c(Cl)ccnc21. The van der Waals surface area contributed by atoms with Crippen molar-refractivity contribution in [1.29, 1.82) is 0 Å². The van der Waals surface area contributed by atoms with E-state index in [0.717, 1.165) is 44.5 Å². The highest BCUT2D eigenvalue weighted by Gasteiger charge is 2.31. The third kappa shape index (κ3) is 5.59. The minimum atomic E-state index is -4.42. The average molecular weight is 508 g/mol. The normalized spacial score (nSPS) is 15.8. The van der Waals surface area contributed by atoms with Gasteiger partial charge >= 0.3 is 6.18 Å². The van der Waals surface area contributed by atoms with Crippen molar-refractivity contribution in [3.63, 3.8) is 0 Å². The first-order chi connectivity index (χ1) is 16.6. The number of nitrogens with two attached hydrogens (primary N) is 1. The predicted octanol–water partition coefficient (Wildman–Crippen LogP) is 4.15. The summed E-state index contributed by atoms with van der Waals surface area (Å²) < 4.78 is 40.6. The van der Waals surface area contributed by atoms with Crippen LogP contribution in [0.1, 0.15) is 46.8 Å². The fourth-order valence-electron chi connectivity index (χ4n) is 4.50. The molecule has 3 aromatic rings. The van der Waals surface area contributed by atoms with Crippen molar-refractivity contribution in [2.24, 2.45) is 5.73 Å². The van der Waals surface area contributed by atoms with Crippen LogP contribution in [0.3, 0.4) is 0 Å². The van der Waals surface area contributed by atoms with Gasteiger partial charge in [-0.15, -0.1) is 0 Å². The molecule has 35 heavy (non-hydrogen) atoms. The average Bonchev–Trinajstić information content (AvgIpc) is 3.19. The van der Waals surface area contributed by atoms with Crippen molar-refractivity contribution < 1.29 is 22.8 Å². The second-order valence-electron chi connectivity index (χ2n) is 8.57. The van der Waals surface area contributed by atoms with Crippen molar-refractivity contribution in [1.82, 2.24) is 19.8 Å². The number of fused-ring (bicyclic) bond motifs is 1. The number of amides is 2. The van der Waals surface area contributed by atoms with E-state index in [1.165, 1.54) is 29.1 Å². The van der Waals surface area contributed by atoms with E-state index in [4.69, 9.17) is 17.3 Å². The second kappa shape index (κ2) is 10.2. The van der Waals surface area contributed by atoms with Gasteiger partial charge in [-0.2, -0.15) is 13.2 Å². The Morgan fingerprint density at radius 3 is 2.43 bits per heavy atom. The Morgan fingerprint density at radius 2 is 1.80 bits per heavy atom. The number of piperidine rings is 1. The number of rotatable bonds is 7. The molecular weight excluding hydrogens is 483 g/mol. The highest BCUT2D eigenvalue weighted by atomic mass is 35.5. The summed E-state index contributed by atoms with van der Waals surface area (Å²) in [4.78, 5) is 31.1. The molecule has 0 radical (unpaired) electrons. The van der Waals surface area contributed by atoms with Crippen molar-refractivity contribution in [2.75, 3.05) is 19.6 Å². The molecule has 1 aromatic carbocycles. The van der Waals surface area contributed by atoms with Crippen LogP contribution in [0.25, 0.3) is 11.0 Å². The molecular formula is C24H25ClF3N5O2. The number of likely N-dealkylation sites (tertiary alicyclic amines) is 1. The Balaban J connectivity index is 1.60. The maximum atomic E-state index is 13.2. The maximum Gasteiger partial charge on any atom is 0.416 e. The van der Waals surface area contributed by atoms with Gasteiger partial charge in [0, 0.05) is 18.9 Å². The first-order valence-electron chi connectivity index (χ1n) is 11.3. The van der Waals surface area contributed by atoms with E-state index in [9.17, 15) is 22.8 Å². The van der Waals surface area contributed by atoms with Gasteiger partial charge in [0.05, 0.1) is 27.6 Å². The van der Waals surface area contributed by atoms with Crippen LogP contribution in [0.2, 0.25) is 5.02 Å². The molecule has 0 spiro atoms. The molecule has 1 aliphatic rings. The summed E-state index contributed by atoms with van der Waals surface area (Å²) in [5.41, 5.74) is 5.90. The van der Waals surface area contributed by atoms with Gasteiger partial charge in [-0.05, 0) is 49.7 Å². The number of halogens is 4. The summed E-state index contributed by atoms with van der Waals surface area (Å²) in [7, 11) is 0. The highest BCUT2D eigenvalue weighted by Crippen LogP contribution is 2.32. The van der Waals surface area contributed by atoms with Crippen molar-refractivity contribution in [3.8, 4) is 0 Å². The van der Waals surface area contributed by atoms with E-state index >= 15 is 0 Å². The van der Waals surface area contributed by atoms with Crippen molar-refractivity contribution in [2.45, 2.75) is 38.0 Å². The van der Waals surface area contributed by atoms with Gasteiger partial charge in [0.1, 0.15) is 12.2 Å². The number of pyridine rings is 1. The standard InChI is InChI=1S/C24H25ClF3N5O2/c25-18-8-9-30-22-21(18)17(13-33(22)14-20(29)34)23(35)31-12-19(32-10-2-1-3-11-32)15-4-6-16(7-5-15)24(26,27)28/h4-9,13,19H,1-3,10-12,14H2,(H2,29,34)(H,31,35). The van der Waals surface area contributed by atoms with Crippen LogP contribution >= 0.6 is 11.6 Å². The molecule has 0 saturated carbocycles. The zero-order valence-electron chi connectivity index (χ0n) is 18.8. The zero-order chi connectivity index (χ0) is 25.2. The second-order valence-corrected chi connectivity index (χ2v) is 8.98. The Kier molecular flexibility index (Phi) is 7.32. The van der Waals surface area contributed by atoms with Crippen LogP contribution in [0.15, 0.2) is 42.7 Å². The number of hydrogen-bond acceptors (Lipinski definition) is 4. The minimum absolute atomic E-state index is 0.168. The van der Waals surface area contributed by atoms with Crippen molar-refractivity contribution in [3.05, 3.63) is 64.4 Å². The molecule has 1 atom stereocenters. The Hall–Kier alpha value is -3.11. The Labute approximate surface area is 205 Å². The van der Waals surface area contributed by atoms with Crippen LogP contribution in [-0.4, -0.2) is 45.9 Å². The lowest BCUT2D eigenvalue weighted by Gasteiger charge is -2.35. The van der Waals surface area contributed by atoms with Gasteiger partial charge in [-0.3, -0.25) is 14.5 Å². The Morgan fingerprint density at radius 1 is 1.11 bits per heavy atom. The third-order valence-corrected chi connectivity index (χ3v) is 6.50. The lowest BCUT2D eigenvalue weighted by atomic mass is 10.00. The molecule has 1 unspecified atom stereocenters. The minimum Gasteiger partial charge on any atom is -0.368 e. The van der Waals surface area contributed by atoms with E-state index < -0.39 is 23.6 Å². The van der Waals surface area contributed by atoms with Crippen LogP contribution in [0, 0.1) is 0 Å². The molecule has 0 bridgehead atoms. The topological polar surface area (TPSA) is 93.2 Å². The number of carbonyl (C=O) groups is 2. The predicted molar refractivity (Wildman–Crippen MR) is 126 cm³/mol. The maximum absolute atomic E-state index is 13.2. The van der Waals surface area contributed by atoms with Gasteiger partial charge in [0.2, 0.25) is 5.91 Å². The first kappa shape index (κ1) is 25.0. The molecule has 11 heteroatoms. The lowest BCUT2D eigenvalue weighted by Crippen LogP contribution is -2.40. The van der Waals surface area contributed by atoms with Crippen LogP contribution in [0.5, 0.6) is 0 Å². The summed E-state index contributed by atoms with van der Waals surface area (Å²) in [6.45, 7) is 1.59. The smallest absolute Gasteiger partial charge is 0.368 e. The molecule has 7 nitrogen and oxygen atoms in total. The number of alkyl halides is 3. The van der Waals surface area contributed by atoms with E-state index in [-0.39, 0.29) is 24.7 Å². The molecule has 3 heterocycles. The molecule has 2 amide bonds. The van der Waals surface area contributed by atoms with Crippen LogP contribution in [-0.2, 0) is 17.5 Å². The molecule has 3 N–H and O–H groups in total. The van der Waals surface area contributed by atoms with E-state index in [0.29, 0.717) is 21.6 Å². The first-order valence-corrected chi connectivity index (χ1v) is 11.6. The van der Waals surface area contributed by atoms with Crippen molar-refractivity contribution >= 4 is 34.4 Å². The van der Waals surface area contributed by atoms with Gasteiger partial charge in [0.25, 0.3) is 5.91 Å². The monoisotopic (exact) mass is 507 g/mol. The number of nitrogens with zero attached hydrogens (tertiary/aromatic N) is 3. The van der Waals surface area contributed by atoms with Gasteiger partial charge in [-0.25, -0.2) is 4.98 Å². The summed E-state index contributed by atoms with van der Waals surface area (Å²) in [6, 6.07) is 6.32. The number of benzene rings is 1. The molecule has 2 aromatic heterocycles. The quantitative estimate of drug-likeness (QED) is 0.502. The third-order valence-electron chi connectivity index (χ3n) is 6.19. The number of primary amides is 1. The highest BCUT2D eigenvalue weighted by molar-refractivity contribution is 6.36. The number of carbonyl (C=O) groups excluding carboxylic acids is 2. The summed E-state index contributed by atoms with van der Waals surface area (Å²) in [6.07, 6.45) is 1.59. The van der Waals surface area contributed by atoms with Gasteiger partial charge in [0.15, 0.2) is 0 Å². The Bertz CT molecular complexity index is 1220. The molecule has 4 rings (SSSR count). The fraction of sp³-hybridized carbons (Fsp3) is 0.375. The number of aromatic nitrogens is 2. The largest absolute Gasteiger partial charge is 0.416 e. The molecule has 0 aliphatic carbocycles. The molecule has 1 fully saturated rings. The zero-order valence-corrected chi connectivity index (χ0v) is 19.6. The summed E-state index contributed by atoms with van der Waals surface area (Å²) in [5, 5.41) is 3.61. The molecule has 186 valence electrons. The van der Waals surface area contributed by atoms with Gasteiger partial charge < -0.3 is 15.6 Å². The summed E-state index contributed by atoms with van der Waals surface area (Å²) >= 11 is 6.34.